The van der Waals surface area contributed by atoms with Gasteiger partial charge in [0.05, 0.1) is 16.4 Å². The molecule has 1 heterocycles. The SMILES string of the molecule is Cc1ccc(Cl)c2c1NCCN2. The average Bonchev–Trinajstić information content (AvgIpc) is 2.12. The zero-order chi connectivity index (χ0) is 8.55. The van der Waals surface area contributed by atoms with E-state index in [2.05, 4.69) is 17.6 Å². The first-order chi connectivity index (χ1) is 5.79. The van der Waals surface area contributed by atoms with Gasteiger partial charge in [-0.05, 0) is 18.6 Å². The zero-order valence-electron chi connectivity index (χ0n) is 6.95. The molecule has 0 aliphatic carbocycles. The first-order valence-electron chi connectivity index (χ1n) is 4.06. The molecule has 0 atom stereocenters. The number of aryl methyl sites for hydroxylation is 1. The van der Waals surface area contributed by atoms with Gasteiger partial charge >= 0.3 is 0 Å². The number of nitrogens with one attached hydrogen (secondary N) is 2. The van der Waals surface area contributed by atoms with Gasteiger partial charge in [-0.3, -0.25) is 0 Å². The summed E-state index contributed by atoms with van der Waals surface area (Å²) in [5, 5.41) is 7.40. The summed E-state index contributed by atoms with van der Waals surface area (Å²) >= 11 is 6.01. The van der Waals surface area contributed by atoms with Gasteiger partial charge < -0.3 is 10.6 Å². The van der Waals surface area contributed by atoms with E-state index < -0.39 is 0 Å². The minimum atomic E-state index is 0.794. The fraction of sp³-hybridized carbons (Fsp3) is 0.333. The van der Waals surface area contributed by atoms with Gasteiger partial charge in [-0.25, -0.2) is 0 Å². The normalized spacial score (nSPS) is 14.5. The van der Waals surface area contributed by atoms with Gasteiger partial charge in [-0.15, -0.1) is 0 Å². The van der Waals surface area contributed by atoms with E-state index in [0.717, 1.165) is 29.5 Å². The van der Waals surface area contributed by atoms with Crippen LogP contribution in [0.15, 0.2) is 12.1 Å². The summed E-state index contributed by atoms with van der Waals surface area (Å²) in [6.45, 7) is 3.99. The lowest BCUT2D eigenvalue weighted by Crippen LogP contribution is -2.21. The topological polar surface area (TPSA) is 24.1 Å². The third-order valence-electron chi connectivity index (χ3n) is 2.09. The first-order valence-corrected chi connectivity index (χ1v) is 4.43. The maximum absolute atomic E-state index is 6.01. The Morgan fingerprint density at radius 2 is 1.83 bits per heavy atom. The highest BCUT2D eigenvalue weighted by molar-refractivity contribution is 6.34. The fourth-order valence-corrected chi connectivity index (χ4v) is 1.68. The molecule has 2 N–H and O–H groups in total. The van der Waals surface area contributed by atoms with Crippen LogP contribution in [0.3, 0.4) is 0 Å². The fourth-order valence-electron chi connectivity index (χ4n) is 1.46. The molecule has 0 spiro atoms. The summed E-state index contributed by atoms with van der Waals surface area (Å²) in [4.78, 5) is 0. The predicted molar refractivity (Wildman–Crippen MR) is 53.2 cm³/mol. The van der Waals surface area contributed by atoms with E-state index in [0.29, 0.717) is 0 Å². The number of rotatable bonds is 0. The van der Waals surface area contributed by atoms with Gasteiger partial charge in [0.1, 0.15) is 0 Å². The lowest BCUT2D eigenvalue weighted by molar-refractivity contribution is 1.04. The first kappa shape index (κ1) is 7.74. The van der Waals surface area contributed by atoms with Crippen LogP contribution in [0.2, 0.25) is 5.02 Å². The van der Waals surface area contributed by atoms with Crippen LogP contribution in [0.1, 0.15) is 5.56 Å². The molecule has 0 amide bonds. The van der Waals surface area contributed by atoms with Gasteiger partial charge in [-0.1, -0.05) is 17.7 Å². The van der Waals surface area contributed by atoms with Crippen molar-refractivity contribution >= 4 is 23.0 Å². The van der Waals surface area contributed by atoms with Crippen molar-refractivity contribution in [1.29, 1.82) is 0 Å². The zero-order valence-corrected chi connectivity index (χ0v) is 7.70. The summed E-state index contributed by atoms with van der Waals surface area (Å²) in [5.74, 6) is 0. The van der Waals surface area contributed by atoms with Crippen LogP contribution in [0, 0.1) is 6.92 Å². The molecule has 0 bridgehead atoms. The molecule has 2 nitrogen and oxygen atoms in total. The maximum atomic E-state index is 6.01. The second kappa shape index (κ2) is 2.87. The summed E-state index contributed by atoms with van der Waals surface area (Å²) in [6, 6.07) is 3.96. The standard InChI is InChI=1S/C9H11ClN2/c1-6-2-3-7(10)9-8(6)11-4-5-12-9/h2-3,11-12H,4-5H2,1H3. The van der Waals surface area contributed by atoms with Crippen molar-refractivity contribution in [3.63, 3.8) is 0 Å². The average molecular weight is 183 g/mol. The maximum Gasteiger partial charge on any atom is 0.0768 e. The Hall–Kier alpha value is -0.890. The Morgan fingerprint density at radius 1 is 1.17 bits per heavy atom. The van der Waals surface area contributed by atoms with Crippen LogP contribution in [-0.4, -0.2) is 13.1 Å². The minimum absolute atomic E-state index is 0.794. The molecule has 64 valence electrons. The van der Waals surface area contributed by atoms with Crippen molar-refractivity contribution in [2.45, 2.75) is 6.92 Å². The van der Waals surface area contributed by atoms with E-state index in [1.54, 1.807) is 0 Å². The molecular formula is C9H11ClN2. The molecule has 1 aliphatic heterocycles. The van der Waals surface area contributed by atoms with Crippen LogP contribution in [-0.2, 0) is 0 Å². The number of fused-ring (bicyclic) bond motifs is 1. The highest BCUT2D eigenvalue weighted by Gasteiger charge is 2.12. The quantitative estimate of drug-likeness (QED) is 0.644. The van der Waals surface area contributed by atoms with Crippen molar-refractivity contribution < 1.29 is 0 Å². The molecule has 0 radical (unpaired) electrons. The second-order valence-electron chi connectivity index (χ2n) is 2.97. The largest absolute Gasteiger partial charge is 0.381 e. The smallest absolute Gasteiger partial charge is 0.0768 e. The Kier molecular flexibility index (Phi) is 1.85. The molecule has 0 saturated heterocycles. The molecule has 12 heavy (non-hydrogen) atoms. The number of anilines is 2. The van der Waals surface area contributed by atoms with E-state index in [1.807, 2.05) is 12.1 Å². The Labute approximate surface area is 76.9 Å². The summed E-state index contributed by atoms with van der Waals surface area (Å²) < 4.78 is 0. The monoisotopic (exact) mass is 182 g/mol. The number of halogens is 1. The van der Waals surface area contributed by atoms with Crippen LogP contribution < -0.4 is 10.6 Å². The van der Waals surface area contributed by atoms with Gasteiger partial charge in [0.2, 0.25) is 0 Å². The van der Waals surface area contributed by atoms with E-state index in [-0.39, 0.29) is 0 Å². The lowest BCUT2D eigenvalue weighted by atomic mass is 10.1. The molecule has 1 aromatic carbocycles. The van der Waals surface area contributed by atoms with Gasteiger partial charge in [0, 0.05) is 13.1 Å². The third kappa shape index (κ3) is 1.12. The summed E-state index contributed by atoms with van der Waals surface area (Å²) in [7, 11) is 0. The molecule has 0 unspecified atom stereocenters. The molecule has 3 heteroatoms. The Bertz CT molecular complexity index is 279. The predicted octanol–water partition coefficient (Wildman–Crippen LogP) is 2.49. The van der Waals surface area contributed by atoms with Crippen LogP contribution in [0.25, 0.3) is 0 Å². The molecule has 2 rings (SSSR count). The summed E-state index contributed by atoms with van der Waals surface area (Å²) in [6.07, 6.45) is 0. The molecule has 0 aromatic heterocycles. The van der Waals surface area contributed by atoms with Gasteiger partial charge in [-0.2, -0.15) is 0 Å². The van der Waals surface area contributed by atoms with E-state index in [4.69, 9.17) is 11.6 Å². The minimum Gasteiger partial charge on any atom is -0.381 e. The highest BCUT2D eigenvalue weighted by Crippen LogP contribution is 2.34. The number of hydrogen-bond acceptors (Lipinski definition) is 2. The van der Waals surface area contributed by atoms with Crippen molar-refractivity contribution in [3.8, 4) is 0 Å². The van der Waals surface area contributed by atoms with Crippen LogP contribution in [0.4, 0.5) is 11.4 Å². The molecule has 1 aromatic rings. The molecule has 0 saturated carbocycles. The lowest BCUT2D eigenvalue weighted by Gasteiger charge is -2.22. The van der Waals surface area contributed by atoms with Crippen LogP contribution in [0.5, 0.6) is 0 Å². The summed E-state index contributed by atoms with van der Waals surface area (Å²) in [5.41, 5.74) is 3.43. The van der Waals surface area contributed by atoms with Crippen molar-refractivity contribution in [3.05, 3.63) is 22.7 Å². The van der Waals surface area contributed by atoms with Crippen molar-refractivity contribution in [2.24, 2.45) is 0 Å². The highest BCUT2D eigenvalue weighted by atomic mass is 35.5. The van der Waals surface area contributed by atoms with E-state index >= 15 is 0 Å². The van der Waals surface area contributed by atoms with Gasteiger partial charge in [0.15, 0.2) is 0 Å². The van der Waals surface area contributed by atoms with Crippen molar-refractivity contribution in [1.82, 2.24) is 0 Å². The molecule has 0 fully saturated rings. The second-order valence-corrected chi connectivity index (χ2v) is 3.38. The number of benzene rings is 1. The molecular weight excluding hydrogens is 172 g/mol. The van der Waals surface area contributed by atoms with Crippen LogP contribution >= 0.6 is 11.6 Å². The molecule has 1 aliphatic rings. The number of hydrogen-bond donors (Lipinski definition) is 2. The Balaban J connectivity index is 2.57. The van der Waals surface area contributed by atoms with E-state index in [1.165, 1.54) is 5.56 Å². The van der Waals surface area contributed by atoms with E-state index in [9.17, 15) is 0 Å². The third-order valence-corrected chi connectivity index (χ3v) is 2.41. The Morgan fingerprint density at radius 3 is 2.50 bits per heavy atom. The van der Waals surface area contributed by atoms with Crippen molar-refractivity contribution in [2.75, 3.05) is 23.7 Å². The van der Waals surface area contributed by atoms with Gasteiger partial charge in [0.25, 0.3) is 0 Å².